The van der Waals surface area contributed by atoms with Gasteiger partial charge in [0, 0.05) is 6.54 Å². The van der Waals surface area contributed by atoms with Crippen molar-refractivity contribution < 1.29 is 26.7 Å². The minimum Gasteiger partial charge on any atom is -0.332 e. The maximum Gasteiger partial charge on any atom is 0.406 e. The number of carbonyl (C=O) groups is 1. The molecule has 0 bridgehead atoms. The Bertz CT molecular complexity index is 561. The molecular weight excluding hydrogens is 307 g/mol. The summed E-state index contributed by atoms with van der Waals surface area (Å²) in [6, 6.07) is 2.60. The lowest BCUT2D eigenvalue weighted by atomic mass is 9.88. The average molecular weight is 322 g/mol. The molecule has 22 heavy (non-hydrogen) atoms. The molecule has 0 aromatic heterocycles. The van der Waals surface area contributed by atoms with Gasteiger partial charge in [-0.15, -0.1) is 0 Å². The number of likely N-dealkylation sites (tertiary alicyclic amines) is 1. The highest BCUT2D eigenvalue weighted by atomic mass is 19.4. The number of nitrogens with zero attached hydrogens (tertiary/aromatic N) is 1. The van der Waals surface area contributed by atoms with Crippen LogP contribution >= 0.6 is 0 Å². The minimum absolute atomic E-state index is 0.0267. The lowest BCUT2D eigenvalue weighted by Gasteiger charge is -2.36. The van der Waals surface area contributed by atoms with E-state index in [1.54, 1.807) is 0 Å². The van der Waals surface area contributed by atoms with Gasteiger partial charge in [-0.05, 0) is 30.4 Å². The molecule has 2 atom stereocenters. The minimum atomic E-state index is -4.53. The number of hydrogen-bond donors (Lipinski definition) is 1. The van der Waals surface area contributed by atoms with Crippen LogP contribution in [0.5, 0.6) is 0 Å². The highest BCUT2D eigenvalue weighted by molar-refractivity contribution is 5.82. The predicted octanol–water partition coefficient (Wildman–Crippen LogP) is 2.25. The average Bonchev–Trinajstić information content (AvgIpc) is 2.39. The topological polar surface area (TPSA) is 46.3 Å². The lowest BCUT2D eigenvalue weighted by molar-refractivity contribution is -0.166. The lowest BCUT2D eigenvalue weighted by Crippen LogP contribution is -2.54. The number of piperidine rings is 1. The number of benzene rings is 1. The highest BCUT2D eigenvalue weighted by Crippen LogP contribution is 2.26. The van der Waals surface area contributed by atoms with Crippen molar-refractivity contribution in [1.29, 1.82) is 0 Å². The molecule has 1 aliphatic rings. The Kier molecular flexibility index (Phi) is 4.69. The maximum atomic E-state index is 13.6. The summed E-state index contributed by atoms with van der Waals surface area (Å²) in [6.07, 6.45) is -4.36. The number of rotatable bonds is 3. The predicted molar refractivity (Wildman–Crippen MR) is 68.8 cm³/mol. The van der Waals surface area contributed by atoms with Gasteiger partial charge in [0.25, 0.3) is 0 Å². The monoisotopic (exact) mass is 322 g/mol. The van der Waals surface area contributed by atoms with Gasteiger partial charge in [0.05, 0.1) is 6.04 Å². The number of nitrogens with two attached hydrogens (primary N) is 1. The Hall–Kier alpha value is -1.70. The third-order valence-electron chi connectivity index (χ3n) is 3.61. The van der Waals surface area contributed by atoms with Crippen molar-refractivity contribution in [2.75, 3.05) is 13.1 Å². The zero-order valence-corrected chi connectivity index (χ0v) is 11.5. The first-order valence-electron chi connectivity index (χ1n) is 6.71. The van der Waals surface area contributed by atoms with E-state index in [1.165, 1.54) is 12.1 Å². The number of hydrogen-bond acceptors (Lipinski definition) is 2. The Balaban J connectivity index is 2.11. The number of carbonyl (C=O) groups excluding carboxylic acids is 1. The molecule has 1 saturated heterocycles. The van der Waals surface area contributed by atoms with E-state index in [2.05, 4.69) is 0 Å². The molecule has 1 aromatic rings. The van der Waals surface area contributed by atoms with Gasteiger partial charge in [-0.1, -0.05) is 12.1 Å². The molecule has 1 amide bonds. The summed E-state index contributed by atoms with van der Waals surface area (Å²) >= 11 is 0. The molecule has 0 aliphatic carbocycles. The Morgan fingerprint density at radius 1 is 1.27 bits per heavy atom. The molecule has 1 fully saturated rings. The first-order valence-corrected chi connectivity index (χ1v) is 6.71. The molecular formula is C14H15F5N2O. The number of alkyl halides is 3. The smallest absolute Gasteiger partial charge is 0.332 e. The third kappa shape index (κ3) is 3.94. The summed E-state index contributed by atoms with van der Waals surface area (Å²) in [4.78, 5) is 12.3. The fourth-order valence-corrected chi connectivity index (χ4v) is 2.69. The van der Waals surface area contributed by atoms with Gasteiger partial charge in [0.15, 0.2) is 11.6 Å². The van der Waals surface area contributed by atoms with E-state index in [0.29, 0.717) is 4.90 Å². The van der Waals surface area contributed by atoms with Crippen LogP contribution in [0.25, 0.3) is 0 Å². The van der Waals surface area contributed by atoms with Gasteiger partial charge in [-0.2, -0.15) is 13.2 Å². The van der Waals surface area contributed by atoms with Crippen molar-refractivity contribution in [3.63, 3.8) is 0 Å². The quantitative estimate of drug-likeness (QED) is 0.868. The third-order valence-corrected chi connectivity index (χ3v) is 3.61. The van der Waals surface area contributed by atoms with Crippen LogP contribution in [-0.4, -0.2) is 36.1 Å². The van der Waals surface area contributed by atoms with Crippen LogP contribution in [0.3, 0.4) is 0 Å². The van der Waals surface area contributed by atoms with Gasteiger partial charge in [0.1, 0.15) is 6.54 Å². The zero-order chi connectivity index (χ0) is 16.5. The highest BCUT2D eigenvalue weighted by Gasteiger charge is 2.39. The summed E-state index contributed by atoms with van der Waals surface area (Å²) in [5, 5.41) is 0. The largest absolute Gasteiger partial charge is 0.406 e. The van der Waals surface area contributed by atoms with Crippen LogP contribution in [0, 0.1) is 17.6 Å². The second kappa shape index (κ2) is 6.20. The summed E-state index contributed by atoms with van der Waals surface area (Å²) in [5.41, 5.74) is 5.64. The zero-order valence-electron chi connectivity index (χ0n) is 11.5. The Morgan fingerprint density at radius 2 is 1.95 bits per heavy atom. The first-order chi connectivity index (χ1) is 10.2. The first kappa shape index (κ1) is 16.7. The second-order valence-electron chi connectivity index (χ2n) is 5.46. The summed E-state index contributed by atoms with van der Waals surface area (Å²) in [7, 11) is 0. The molecule has 3 nitrogen and oxygen atoms in total. The van der Waals surface area contributed by atoms with Gasteiger partial charge >= 0.3 is 6.18 Å². The number of amides is 1. The molecule has 2 N–H and O–H groups in total. The molecule has 0 radical (unpaired) electrons. The molecule has 0 spiro atoms. The van der Waals surface area contributed by atoms with E-state index in [-0.39, 0.29) is 24.9 Å². The van der Waals surface area contributed by atoms with Crippen molar-refractivity contribution in [1.82, 2.24) is 4.90 Å². The van der Waals surface area contributed by atoms with Gasteiger partial charge in [0.2, 0.25) is 5.91 Å². The molecule has 1 heterocycles. The molecule has 122 valence electrons. The van der Waals surface area contributed by atoms with Gasteiger partial charge in [-0.3, -0.25) is 4.79 Å². The Morgan fingerprint density at radius 3 is 2.59 bits per heavy atom. The molecule has 2 unspecified atom stereocenters. The van der Waals surface area contributed by atoms with E-state index in [9.17, 15) is 26.7 Å². The standard InChI is InChI=1S/C14H15F5N2O/c15-10-3-1-2-9(12(10)16)4-8-5-11(20)13(22)21(6-8)7-14(17,18)19/h1-3,8,11H,4-7,20H2. The van der Waals surface area contributed by atoms with Crippen molar-refractivity contribution in [3.8, 4) is 0 Å². The van der Waals surface area contributed by atoms with E-state index < -0.39 is 42.2 Å². The molecule has 2 rings (SSSR count). The van der Waals surface area contributed by atoms with E-state index in [0.717, 1.165) is 6.07 Å². The molecule has 0 saturated carbocycles. The summed E-state index contributed by atoms with van der Waals surface area (Å²) in [6.45, 7) is -1.57. The van der Waals surface area contributed by atoms with E-state index in [1.807, 2.05) is 0 Å². The van der Waals surface area contributed by atoms with Crippen molar-refractivity contribution in [3.05, 3.63) is 35.4 Å². The van der Waals surface area contributed by atoms with Crippen LogP contribution in [0.4, 0.5) is 22.0 Å². The fraction of sp³-hybridized carbons (Fsp3) is 0.500. The van der Waals surface area contributed by atoms with E-state index >= 15 is 0 Å². The van der Waals surface area contributed by atoms with Crippen LogP contribution in [0.1, 0.15) is 12.0 Å². The van der Waals surface area contributed by atoms with Crippen LogP contribution < -0.4 is 5.73 Å². The maximum absolute atomic E-state index is 13.6. The van der Waals surface area contributed by atoms with Crippen LogP contribution in [0.2, 0.25) is 0 Å². The second-order valence-corrected chi connectivity index (χ2v) is 5.46. The molecule has 8 heteroatoms. The molecule has 1 aliphatic heterocycles. The van der Waals surface area contributed by atoms with Crippen LogP contribution in [-0.2, 0) is 11.2 Å². The summed E-state index contributed by atoms with van der Waals surface area (Å²) < 4.78 is 64.2. The van der Waals surface area contributed by atoms with Crippen molar-refractivity contribution in [2.24, 2.45) is 11.7 Å². The van der Waals surface area contributed by atoms with Crippen molar-refractivity contribution >= 4 is 5.91 Å². The van der Waals surface area contributed by atoms with E-state index in [4.69, 9.17) is 5.73 Å². The molecule has 1 aromatic carbocycles. The van der Waals surface area contributed by atoms with Crippen molar-refractivity contribution in [2.45, 2.75) is 25.1 Å². The summed E-state index contributed by atoms with van der Waals surface area (Å²) in [5.74, 6) is -3.25. The SMILES string of the molecule is NC1CC(Cc2cccc(F)c2F)CN(CC(F)(F)F)C1=O. The van der Waals surface area contributed by atoms with Gasteiger partial charge < -0.3 is 10.6 Å². The number of halogens is 5. The normalized spacial score (nSPS) is 23.0. The van der Waals surface area contributed by atoms with Crippen LogP contribution in [0.15, 0.2) is 18.2 Å². The van der Waals surface area contributed by atoms with Gasteiger partial charge in [-0.25, -0.2) is 8.78 Å². The Labute approximate surface area is 123 Å². The fourth-order valence-electron chi connectivity index (χ4n) is 2.69.